The van der Waals surface area contributed by atoms with E-state index in [1.54, 1.807) is 24.5 Å². The molecule has 0 atom stereocenters. The van der Waals surface area contributed by atoms with Crippen LogP contribution in [0, 0.1) is 0 Å². The average molecular weight is 219 g/mol. The predicted molar refractivity (Wildman–Crippen MR) is 57.5 cm³/mol. The number of nitrogens with one attached hydrogen (secondary N) is 1. The van der Waals surface area contributed by atoms with Crippen molar-refractivity contribution in [1.29, 1.82) is 0 Å². The molecule has 0 saturated heterocycles. The smallest absolute Gasteiger partial charge is 0.253 e. The van der Waals surface area contributed by atoms with Gasteiger partial charge in [0.25, 0.3) is 5.91 Å². The van der Waals surface area contributed by atoms with Crippen molar-refractivity contribution in [2.24, 2.45) is 0 Å². The Labute approximate surface area is 91.0 Å². The van der Waals surface area contributed by atoms with E-state index >= 15 is 0 Å². The molecule has 5 heteroatoms. The number of nitrogens with zero attached hydrogens (tertiary/aromatic N) is 2. The molecule has 2 heterocycles. The van der Waals surface area contributed by atoms with E-state index < -0.39 is 0 Å². The lowest BCUT2D eigenvalue weighted by Gasteiger charge is -2.01. The normalized spacial score (nSPS) is 9.87. The maximum absolute atomic E-state index is 11.6. The molecule has 4 nitrogen and oxygen atoms in total. The van der Waals surface area contributed by atoms with Gasteiger partial charge >= 0.3 is 0 Å². The van der Waals surface area contributed by atoms with Crippen LogP contribution in [-0.2, 0) is 6.54 Å². The molecule has 76 valence electrons. The number of pyridine rings is 1. The molecule has 2 rings (SSSR count). The standard InChI is InChI=1S/C10H9N3OS/c14-10(8-2-1-3-11-6-8)13-7-9-12-4-5-15-9/h1-6H,7H2,(H,13,14). The Kier molecular flexibility index (Phi) is 3.04. The molecule has 0 saturated carbocycles. The first-order valence-electron chi connectivity index (χ1n) is 4.43. The van der Waals surface area contributed by atoms with Crippen molar-refractivity contribution in [1.82, 2.24) is 15.3 Å². The Balaban J connectivity index is 1.94. The number of thiazole rings is 1. The third-order valence-electron chi connectivity index (χ3n) is 1.81. The predicted octanol–water partition coefficient (Wildman–Crippen LogP) is 1.47. The lowest BCUT2D eigenvalue weighted by Crippen LogP contribution is -2.22. The van der Waals surface area contributed by atoms with Gasteiger partial charge in [0.15, 0.2) is 0 Å². The summed E-state index contributed by atoms with van der Waals surface area (Å²) in [6.45, 7) is 0.464. The summed E-state index contributed by atoms with van der Waals surface area (Å²) in [5.74, 6) is -0.127. The van der Waals surface area contributed by atoms with Crippen molar-refractivity contribution in [3.63, 3.8) is 0 Å². The van der Waals surface area contributed by atoms with E-state index in [2.05, 4.69) is 15.3 Å². The number of hydrogen-bond donors (Lipinski definition) is 1. The fraction of sp³-hybridized carbons (Fsp3) is 0.100. The van der Waals surface area contributed by atoms with Gasteiger partial charge < -0.3 is 5.32 Å². The zero-order chi connectivity index (χ0) is 10.5. The zero-order valence-electron chi connectivity index (χ0n) is 7.88. The maximum atomic E-state index is 11.6. The lowest BCUT2D eigenvalue weighted by molar-refractivity contribution is 0.0950. The molecular weight excluding hydrogens is 210 g/mol. The minimum absolute atomic E-state index is 0.127. The zero-order valence-corrected chi connectivity index (χ0v) is 8.70. The number of amides is 1. The first-order valence-corrected chi connectivity index (χ1v) is 5.31. The Morgan fingerprint density at radius 3 is 3.07 bits per heavy atom. The van der Waals surface area contributed by atoms with Crippen LogP contribution >= 0.6 is 11.3 Å². The Hall–Kier alpha value is -1.75. The van der Waals surface area contributed by atoms with Gasteiger partial charge in [-0.15, -0.1) is 11.3 Å². The van der Waals surface area contributed by atoms with E-state index in [1.165, 1.54) is 17.5 Å². The minimum Gasteiger partial charge on any atom is -0.345 e. The van der Waals surface area contributed by atoms with Crippen LogP contribution in [0.2, 0.25) is 0 Å². The second-order valence-electron chi connectivity index (χ2n) is 2.85. The van der Waals surface area contributed by atoms with Crippen molar-refractivity contribution < 1.29 is 4.79 Å². The van der Waals surface area contributed by atoms with Crippen molar-refractivity contribution in [3.8, 4) is 0 Å². The van der Waals surface area contributed by atoms with E-state index in [4.69, 9.17) is 0 Å². The third kappa shape index (κ3) is 2.60. The van der Waals surface area contributed by atoms with Crippen molar-refractivity contribution in [3.05, 3.63) is 46.7 Å². The summed E-state index contributed by atoms with van der Waals surface area (Å²) in [5, 5.41) is 5.55. The first-order chi connectivity index (χ1) is 7.36. The van der Waals surface area contributed by atoms with Crippen molar-refractivity contribution >= 4 is 17.2 Å². The second-order valence-corrected chi connectivity index (χ2v) is 3.83. The van der Waals surface area contributed by atoms with Crippen LogP contribution < -0.4 is 5.32 Å². The number of carbonyl (C=O) groups is 1. The molecule has 0 unspecified atom stereocenters. The van der Waals surface area contributed by atoms with Gasteiger partial charge in [0.2, 0.25) is 0 Å². The van der Waals surface area contributed by atoms with Gasteiger partial charge in [0.05, 0.1) is 12.1 Å². The summed E-state index contributed by atoms with van der Waals surface area (Å²) in [6, 6.07) is 3.46. The molecule has 2 aromatic rings. The summed E-state index contributed by atoms with van der Waals surface area (Å²) in [5.41, 5.74) is 0.564. The Morgan fingerprint density at radius 1 is 1.47 bits per heavy atom. The fourth-order valence-electron chi connectivity index (χ4n) is 1.10. The Morgan fingerprint density at radius 2 is 2.40 bits per heavy atom. The van der Waals surface area contributed by atoms with Crippen molar-refractivity contribution in [2.75, 3.05) is 0 Å². The lowest BCUT2D eigenvalue weighted by atomic mass is 10.3. The second kappa shape index (κ2) is 4.65. The van der Waals surface area contributed by atoms with E-state index in [9.17, 15) is 4.79 Å². The highest BCUT2D eigenvalue weighted by Crippen LogP contribution is 2.03. The van der Waals surface area contributed by atoms with Gasteiger partial charge in [-0.3, -0.25) is 9.78 Å². The third-order valence-corrected chi connectivity index (χ3v) is 2.59. The van der Waals surface area contributed by atoms with Crippen LogP contribution in [0.1, 0.15) is 15.4 Å². The molecular formula is C10H9N3OS. The molecule has 0 radical (unpaired) electrons. The molecule has 0 bridgehead atoms. The number of rotatable bonds is 3. The van der Waals surface area contributed by atoms with Gasteiger partial charge in [-0.05, 0) is 12.1 Å². The topological polar surface area (TPSA) is 54.9 Å². The number of hydrogen-bond acceptors (Lipinski definition) is 4. The summed E-state index contributed by atoms with van der Waals surface area (Å²) >= 11 is 1.52. The molecule has 1 N–H and O–H groups in total. The van der Waals surface area contributed by atoms with Gasteiger partial charge in [-0.25, -0.2) is 4.98 Å². The van der Waals surface area contributed by atoms with Crippen molar-refractivity contribution in [2.45, 2.75) is 6.54 Å². The molecule has 2 aromatic heterocycles. The largest absolute Gasteiger partial charge is 0.345 e. The van der Waals surface area contributed by atoms with Gasteiger partial charge in [-0.1, -0.05) is 0 Å². The van der Waals surface area contributed by atoms with E-state index in [0.29, 0.717) is 12.1 Å². The highest BCUT2D eigenvalue weighted by Gasteiger charge is 2.04. The van der Waals surface area contributed by atoms with Crippen LogP contribution in [0.15, 0.2) is 36.1 Å². The molecule has 1 amide bonds. The molecule has 0 aliphatic carbocycles. The molecule has 0 aliphatic rings. The summed E-state index contributed by atoms with van der Waals surface area (Å²) in [4.78, 5) is 19.5. The quantitative estimate of drug-likeness (QED) is 0.850. The Bertz CT molecular complexity index is 427. The minimum atomic E-state index is -0.127. The number of aromatic nitrogens is 2. The van der Waals surface area contributed by atoms with E-state index in [1.807, 2.05) is 5.38 Å². The molecule has 15 heavy (non-hydrogen) atoms. The van der Waals surface area contributed by atoms with Gasteiger partial charge in [0.1, 0.15) is 5.01 Å². The van der Waals surface area contributed by atoms with Crippen LogP contribution in [0.3, 0.4) is 0 Å². The monoisotopic (exact) mass is 219 g/mol. The summed E-state index contributed by atoms with van der Waals surface area (Å²) in [6.07, 6.45) is 4.89. The highest BCUT2D eigenvalue weighted by molar-refractivity contribution is 7.09. The van der Waals surface area contributed by atoms with Crippen LogP contribution in [0.4, 0.5) is 0 Å². The van der Waals surface area contributed by atoms with E-state index in [-0.39, 0.29) is 5.91 Å². The SMILES string of the molecule is O=C(NCc1nccs1)c1cccnc1. The van der Waals surface area contributed by atoms with Gasteiger partial charge in [0, 0.05) is 24.0 Å². The van der Waals surface area contributed by atoms with Crippen LogP contribution in [0.25, 0.3) is 0 Å². The van der Waals surface area contributed by atoms with Gasteiger partial charge in [-0.2, -0.15) is 0 Å². The van der Waals surface area contributed by atoms with Crippen LogP contribution in [-0.4, -0.2) is 15.9 Å². The van der Waals surface area contributed by atoms with E-state index in [0.717, 1.165) is 5.01 Å². The molecule has 0 aromatic carbocycles. The number of carbonyl (C=O) groups excluding carboxylic acids is 1. The average Bonchev–Trinajstić information content (AvgIpc) is 2.80. The highest BCUT2D eigenvalue weighted by atomic mass is 32.1. The van der Waals surface area contributed by atoms with Crippen LogP contribution in [0.5, 0.6) is 0 Å². The molecule has 0 spiro atoms. The molecule has 0 fully saturated rings. The first kappa shape index (κ1) is 9.79. The summed E-state index contributed by atoms with van der Waals surface area (Å²) < 4.78 is 0. The molecule has 0 aliphatic heterocycles. The maximum Gasteiger partial charge on any atom is 0.253 e. The fourth-order valence-corrected chi connectivity index (χ4v) is 1.65. The summed E-state index contributed by atoms with van der Waals surface area (Å²) in [7, 11) is 0.